The van der Waals surface area contributed by atoms with E-state index in [2.05, 4.69) is 15.9 Å². The zero-order chi connectivity index (χ0) is 12.3. The van der Waals surface area contributed by atoms with Crippen LogP contribution in [-0.4, -0.2) is 0 Å². The molecule has 0 aromatic heterocycles. The minimum absolute atomic E-state index is 0.0251. The van der Waals surface area contributed by atoms with Crippen molar-refractivity contribution in [1.82, 2.24) is 0 Å². The van der Waals surface area contributed by atoms with Gasteiger partial charge in [-0.05, 0) is 52.7 Å². The summed E-state index contributed by atoms with van der Waals surface area (Å²) in [6, 6.07) is 15.6. The molecule has 2 aromatic rings. The fourth-order valence-electron chi connectivity index (χ4n) is 1.50. The Morgan fingerprint density at radius 1 is 1.12 bits per heavy atom. The molecule has 0 unspecified atom stereocenters. The van der Waals surface area contributed by atoms with Crippen LogP contribution in [0.3, 0.4) is 0 Å². The predicted octanol–water partition coefficient (Wildman–Crippen LogP) is 4.26. The summed E-state index contributed by atoms with van der Waals surface area (Å²) in [5, 5.41) is 0. The Hall–Kier alpha value is -1.32. The third kappa shape index (κ3) is 3.08. The molecule has 2 aromatic carbocycles. The average molecular weight is 292 g/mol. The van der Waals surface area contributed by atoms with Crippen molar-refractivity contribution in [2.75, 3.05) is 0 Å². The minimum atomic E-state index is 0.0251. The van der Waals surface area contributed by atoms with Crippen LogP contribution < -0.4 is 10.5 Å². The van der Waals surface area contributed by atoms with Crippen LogP contribution >= 0.6 is 15.9 Å². The summed E-state index contributed by atoms with van der Waals surface area (Å²) in [6.07, 6.45) is 0. The van der Waals surface area contributed by atoms with Crippen LogP contribution in [0, 0.1) is 0 Å². The first-order valence-electron chi connectivity index (χ1n) is 5.45. The summed E-state index contributed by atoms with van der Waals surface area (Å²) in [6.45, 7) is 1.96. The second-order valence-corrected chi connectivity index (χ2v) is 4.75. The van der Waals surface area contributed by atoms with Gasteiger partial charge in [0.1, 0.15) is 11.5 Å². The summed E-state index contributed by atoms with van der Waals surface area (Å²) in [5.74, 6) is 1.61. The maximum absolute atomic E-state index is 5.82. The quantitative estimate of drug-likeness (QED) is 0.917. The van der Waals surface area contributed by atoms with Gasteiger partial charge in [0.15, 0.2) is 0 Å². The van der Waals surface area contributed by atoms with Crippen molar-refractivity contribution in [3.8, 4) is 11.5 Å². The van der Waals surface area contributed by atoms with Crippen molar-refractivity contribution < 1.29 is 4.74 Å². The van der Waals surface area contributed by atoms with Crippen molar-refractivity contribution in [3.63, 3.8) is 0 Å². The van der Waals surface area contributed by atoms with Gasteiger partial charge in [-0.15, -0.1) is 0 Å². The van der Waals surface area contributed by atoms with Crippen LogP contribution in [-0.2, 0) is 0 Å². The molecule has 0 fully saturated rings. The SMILES string of the molecule is C[C@H](N)c1ccc(Oc2ccccc2)c(Br)c1. The highest BCUT2D eigenvalue weighted by Gasteiger charge is 2.06. The molecule has 2 N–H and O–H groups in total. The molecule has 1 atom stereocenters. The maximum Gasteiger partial charge on any atom is 0.141 e. The summed E-state index contributed by atoms with van der Waals surface area (Å²) in [7, 11) is 0. The lowest BCUT2D eigenvalue weighted by atomic mass is 10.1. The molecular weight excluding hydrogens is 278 g/mol. The number of ether oxygens (including phenoxy) is 1. The third-order valence-corrected chi connectivity index (χ3v) is 3.07. The molecule has 0 saturated heterocycles. The molecule has 0 saturated carbocycles. The molecule has 0 bridgehead atoms. The van der Waals surface area contributed by atoms with Crippen molar-refractivity contribution in [1.29, 1.82) is 0 Å². The number of para-hydroxylation sites is 1. The van der Waals surface area contributed by atoms with E-state index in [1.165, 1.54) is 0 Å². The topological polar surface area (TPSA) is 35.2 Å². The Balaban J connectivity index is 2.23. The van der Waals surface area contributed by atoms with Crippen LogP contribution in [0.2, 0.25) is 0 Å². The van der Waals surface area contributed by atoms with Crippen LogP contribution in [0.4, 0.5) is 0 Å². The second kappa shape index (κ2) is 5.34. The maximum atomic E-state index is 5.82. The molecule has 0 heterocycles. The highest BCUT2D eigenvalue weighted by molar-refractivity contribution is 9.10. The number of rotatable bonds is 3. The Morgan fingerprint density at radius 3 is 2.41 bits per heavy atom. The first-order chi connectivity index (χ1) is 8.16. The molecule has 17 heavy (non-hydrogen) atoms. The number of hydrogen-bond donors (Lipinski definition) is 1. The molecule has 88 valence electrons. The molecular formula is C14H14BrNO. The van der Waals surface area contributed by atoms with Crippen molar-refractivity contribution in [2.24, 2.45) is 5.73 Å². The van der Waals surface area contributed by atoms with Gasteiger partial charge < -0.3 is 10.5 Å². The Morgan fingerprint density at radius 2 is 1.82 bits per heavy atom. The highest BCUT2D eigenvalue weighted by atomic mass is 79.9. The molecule has 3 heteroatoms. The lowest BCUT2D eigenvalue weighted by Crippen LogP contribution is -2.04. The van der Waals surface area contributed by atoms with Gasteiger partial charge in [-0.1, -0.05) is 24.3 Å². The van der Waals surface area contributed by atoms with E-state index >= 15 is 0 Å². The standard InChI is InChI=1S/C14H14BrNO/c1-10(16)11-7-8-14(13(15)9-11)17-12-5-3-2-4-6-12/h2-10H,16H2,1H3/t10-/m0/s1. The summed E-state index contributed by atoms with van der Waals surface area (Å²) < 4.78 is 6.67. The first-order valence-corrected chi connectivity index (χ1v) is 6.24. The number of nitrogens with two attached hydrogens (primary N) is 1. The zero-order valence-corrected chi connectivity index (χ0v) is 11.1. The lowest BCUT2D eigenvalue weighted by molar-refractivity contribution is 0.479. The van der Waals surface area contributed by atoms with E-state index in [0.29, 0.717) is 0 Å². The fraction of sp³-hybridized carbons (Fsp3) is 0.143. The molecule has 2 nitrogen and oxygen atoms in total. The average Bonchev–Trinajstić information content (AvgIpc) is 2.33. The van der Waals surface area contributed by atoms with Crippen LogP contribution in [0.15, 0.2) is 53.0 Å². The van der Waals surface area contributed by atoms with Gasteiger partial charge in [-0.2, -0.15) is 0 Å². The number of hydrogen-bond acceptors (Lipinski definition) is 2. The Labute approximate surface area is 110 Å². The van der Waals surface area contributed by atoms with Crippen LogP contribution in [0.25, 0.3) is 0 Å². The Kier molecular flexibility index (Phi) is 3.82. The zero-order valence-electron chi connectivity index (χ0n) is 9.56. The normalized spacial score (nSPS) is 12.2. The van der Waals surface area contributed by atoms with Crippen molar-refractivity contribution in [3.05, 3.63) is 58.6 Å². The van der Waals surface area contributed by atoms with E-state index in [-0.39, 0.29) is 6.04 Å². The van der Waals surface area contributed by atoms with E-state index in [1.54, 1.807) is 0 Å². The molecule has 2 rings (SSSR count). The monoisotopic (exact) mass is 291 g/mol. The van der Waals surface area contributed by atoms with Crippen LogP contribution in [0.1, 0.15) is 18.5 Å². The van der Waals surface area contributed by atoms with Gasteiger partial charge in [0.05, 0.1) is 4.47 Å². The molecule has 0 radical (unpaired) electrons. The number of halogens is 1. The second-order valence-electron chi connectivity index (χ2n) is 3.89. The molecule has 0 aliphatic rings. The third-order valence-electron chi connectivity index (χ3n) is 2.45. The lowest BCUT2D eigenvalue weighted by Gasteiger charge is -2.11. The van der Waals surface area contributed by atoms with Gasteiger partial charge >= 0.3 is 0 Å². The summed E-state index contributed by atoms with van der Waals surface area (Å²) >= 11 is 3.49. The number of benzene rings is 2. The predicted molar refractivity (Wildman–Crippen MR) is 73.3 cm³/mol. The van der Waals surface area contributed by atoms with Gasteiger partial charge in [-0.3, -0.25) is 0 Å². The molecule has 0 aliphatic heterocycles. The van der Waals surface area contributed by atoms with Gasteiger partial charge in [0, 0.05) is 6.04 Å². The summed E-state index contributed by atoms with van der Waals surface area (Å²) in [5.41, 5.74) is 6.90. The van der Waals surface area contributed by atoms with E-state index in [0.717, 1.165) is 21.5 Å². The van der Waals surface area contributed by atoms with Crippen molar-refractivity contribution >= 4 is 15.9 Å². The molecule has 0 amide bonds. The van der Waals surface area contributed by atoms with E-state index < -0.39 is 0 Å². The minimum Gasteiger partial charge on any atom is -0.456 e. The summed E-state index contributed by atoms with van der Waals surface area (Å²) in [4.78, 5) is 0. The van der Waals surface area contributed by atoms with E-state index in [4.69, 9.17) is 10.5 Å². The van der Waals surface area contributed by atoms with Gasteiger partial charge in [-0.25, -0.2) is 0 Å². The molecule has 0 spiro atoms. The van der Waals surface area contributed by atoms with E-state index in [9.17, 15) is 0 Å². The fourth-order valence-corrected chi connectivity index (χ4v) is 1.98. The van der Waals surface area contributed by atoms with Gasteiger partial charge in [0.2, 0.25) is 0 Å². The van der Waals surface area contributed by atoms with E-state index in [1.807, 2.05) is 55.5 Å². The molecule has 0 aliphatic carbocycles. The highest BCUT2D eigenvalue weighted by Crippen LogP contribution is 2.31. The Bertz CT molecular complexity index is 497. The van der Waals surface area contributed by atoms with Gasteiger partial charge in [0.25, 0.3) is 0 Å². The van der Waals surface area contributed by atoms with Crippen LogP contribution in [0.5, 0.6) is 11.5 Å². The largest absolute Gasteiger partial charge is 0.456 e. The van der Waals surface area contributed by atoms with Crippen molar-refractivity contribution in [2.45, 2.75) is 13.0 Å². The first kappa shape index (κ1) is 12.1. The smallest absolute Gasteiger partial charge is 0.141 e.